The summed E-state index contributed by atoms with van der Waals surface area (Å²) < 4.78 is 40.0. The second-order valence-electron chi connectivity index (χ2n) is 5.04. The van der Waals surface area contributed by atoms with Gasteiger partial charge in [0.05, 0.1) is 0 Å². The van der Waals surface area contributed by atoms with Crippen LogP contribution in [0.1, 0.15) is 43.7 Å². The third kappa shape index (κ3) is 4.87. The first-order valence-corrected chi connectivity index (χ1v) is 6.57. The van der Waals surface area contributed by atoms with E-state index in [-0.39, 0.29) is 24.2 Å². The molecule has 0 spiro atoms. The van der Waals surface area contributed by atoms with Gasteiger partial charge in [0.15, 0.2) is 0 Å². The third-order valence-electron chi connectivity index (χ3n) is 3.66. The standard InChI is InChI=1S/C14H18F3NO.ClH/c15-14(16,17)19-12-8-6-11(7-9-12)13(18)10-4-2-1-3-5-10;/h6-10,13H,1-5,18H2;1H/t13-;/m1./s1. The van der Waals surface area contributed by atoms with Crippen LogP contribution in [0.25, 0.3) is 0 Å². The van der Waals surface area contributed by atoms with Crippen LogP contribution >= 0.6 is 12.4 Å². The average Bonchev–Trinajstić information content (AvgIpc) is 2.38. The van der Waals surface area contributed by atoms with E-state index in [0.29, 0.717) is 5.92 Å². The Morgan fingerprint density at radius 2 is 1.60 bits per heavy atom. The van der Waals surface area contributed by atoms with Crippen molar-refractivity contribution in [3.05, 3.63) is 29.8 Å². The highest BCUT2D eigenvalue weighted by atomic mass is 35.5. The van der Waals surface area contributed by atoms with E-state index in [1.807, 2.05) is 0 Å². The molecule has 114 valence electrons. The van der Waals surface area contributed by atoms with Crippen molar-refractivity contribution in [1.29, 1.82) is 0 Å². The smallest absolute Gasteiger partial charge is 0.406 e. The summed E-state index contributed by atoms with van der Waals surface area (Å²) >= 11 is 0. The number of halogens is 4. The number of alkyl halides is 3. The zero-order valence-corrected chi connectivity index (χ0v) is 11.8. The molecule has 0 heterocycles. The van der Waals surface area contributed by atoms with Gasteiger partial charge in [-0.25, -0.2) is 0 Å². The number of hydrogen-bond acceptors (Lipinski definition) is 2. The van der Waals surface area contributed by atoms with Gasteiger partial charge in [-0.15, -0.1) is 25.6 Å². The molecule has 0 aliphatic heterocycles. The van der Waals surface area contributed by atoms with Crippen molar-refractivity contribution < 1.29 is 17.9 Å². The van der Waals surface area contributed by atoms with Crippen LogP contribution in [0, 0.1) is 5.92 Å². The first-order chi connectivity index (χ1) is 8.96. The van der Waals surface area contributed by atoms with Gasteiger partial charge in [-0.2, -0.15) is 0 Å². The van der Waals surface area contributed by atoms with Crippen molar-refractivity contribution in [1.82, 2.24) is 0 Å². The maximum atomic E-state index is 12.0. The van der Waals surface area contributed by atoms with Gasteiger partial charge < -0.3 is 10.5 Å². The Morgan fingerprint density at radius 1 is 1.05 bits per heavy atom. The van der Waals surface area contributed by atoms with Crippen molar-refractivity contribution in [3.8, 4) is 5.75 Å². The van der Waals surface area contributed by atoms with Crippen LogP contribution in [-0.4, -0.2) is 6.36 Å². The second kappa shape index (κ2) is 7.18. The van der Waals surface area contributed by atoms with Crippen LogP contribution in [-0.2, 0) is 0 Å². The Morgan fingerprint density at radius 3 is 2.10 bits per heavy atom. The quantitative estimate of drug-likeness (QED) is 0.886. The summed E-state index contributed by atoms with van der Waals surface area (Å²) in [7, 11) is 0. The molecular weight excluding hydrogens is 291 g/mol. The average molecular weight is 310 g/mol. The first-order valence-electron chi connectivity index (χ1n) is 6.57. The molecule has 0 bridgehead atoms. The van der Waals surface area contributed by atoms with Crippen LogP contribution in [0.15, 0.2) is 24.3 Å². The molecule has 0 radical (unpaired) electrons. The minimum absolute atomic E-state index is 0. The van der Waals surface area contributed by atoms with Crippen molar-refractivity contribution in [2.75, 3.05) is 0 Å². The number of benzene rings is 1. The molecule has 0 amide bonds. The summed E-state index contributed by atoms with van der Waals surface area (Å²) in [5.41, 5.74) is 7.06. The molecule has 0 aromatic heterocycles. The topological polar surface area (TPSA) is 35.2 Å². The van der Waals surface area contributed by atoms with Crippen molar-refractivity contribution in [2.45, 2.75) is 44.5 Å². The lowest BCUT2D eigenvalue weighted by Crippen LogP contribution is -2.23. The van der Waals surface area contributed by atoms with E-state index >= 15 is 0 Å². The van der Waals surface area contributed by atoms with E-state index in [0.717, 1.165) is 18.4 Å². The fraction of sp³-hybridized carbons (Fsp3) is 0.571. The molecule has 20 heavy (non-hydrogen) atoms. The molecule has 1 atom stereocenters. The van der Waals surface area contributed by atoms with E-state index < -0.39 is 6.36 Å². The molecule has 2 nitrogen and oxygen atoms in total. The normalized spacial score (nSPS) is 18.2. The Balaban J connectivity index is 0.00000200. The lowest BCUT2D eigenvalue weighted by molar-refractivity contribution is -0.274. The summed E-state index contributed by atoms with van der Waals surface area (Å²) in [6.45, 7) is 0. The molecule has 1 aromatic carbocycles. The Bertz CT molecular complexity index is 402. The largest absolute Gasteiger partial charge is 0.573 e. The van der Waals surface area contributed by atoms with E-state index in [4.69, 9.17) is 5.73 Å². The molecule has 1 aromatic rings. The lowest BCUT2D eigenvalue weighted by atomic mass is 9.81. The van der Waals surface area contributed by atoms with E-state index in [9.17, 15) is 13.2 Å². The van der Waals surface area contributed by atoms with Crippen LogP contribution < -0.4 is 10.5 Å². The second-order valence-corrected chi connectivity index (χ2v) is 5.04. The predicted molar refractivity (Wildman–Crippen MR) is 73.9 cm³/mol. The molecule has 0 saturated heterocycles. The number of rotatable bonds is 3. The van der Waals surface area contributed by atoms with Gasteiger partial charge in [0.25, 0.3) is 0 Å². The lowest BCUT2D eigenvalue weighted by Gasteiger charge is -2.27. The van der Waals surface area contributed by atoms with Crippen molar-refractivity contribution in [2.24, 2.45) is 11.7 Å². The fourth-order valence-corrected chi connectivity index (χ4v) is 2.66. The van der Waals surface area contributed by atoms with Crippen LogP contribution in [0.5, 0.6) is 5.75 Å². The highest BCUT2D eigenvalue weighted by molar-refractivity contribution is 5.85. The van der Waals surface area contributed by atoms with Gasteiger partial charge in [0.2, 0.25) is 0 Å². The van der Waals surface area contributed by atoms with Crippen LogP contribution in [0.2, 0.25) is 0 Å². The molecule has 1 aliphatic rings. The highest BCUT2D eigenvalue weighted by Gasteiger charge is 2.31. The Labute approximate surface area is 122 Å². The summed E-state index contributed by atoms with van der Waals surface area (Å²) in [6, 6.07) is 5.80. The van der Waals surface area contributed by atoms with Gasteiger partial charge in [-0.05, 0) is 36.5 Å². The van der Waals surface area contributed by atoms with Crippen molar-refractivity contribution >= 4 is 12.4 Å². The van der Waals surface area contributed by atoms with Gasteiger partial charge in [-0.3, -0.25) is 0 Å². The number of nitrogens with two attached hydrogens (primary N) is 1. The van der Waals surface area contributed by atoms with Crippen molar-refractivity contribution in [3.63, 3.8) is 0 Å². The molecule has 1 saturated carbocycles. The molecule has 1 fully saturated rings. The van der Waals surface area contributed by atoms with E-state index in [1.165, 1.54) is 31.4 Å². The number of ether oxygens (including phenoxy) is 1. The molecular formula is C14H19ClF3NO. The zero-order chi connectivity index (χ0) is 13.9. The van der Waals surface area contributed by atoms with E-state index in [2.05, 4.69) is 4.74 Å². The minimum Gasteiger partial charge on any atom is -0.406 e. The Kier molecular flexibility index (Phi) is 6.14. The molecule has 2 N–H and O–H groups in total. The maximum absolute atomic E-state index is 12.0. The number of hydrogen-bond donors (Lipinski definition) is 1. The fourth-order valence-electron chi connectivity index (χ4n) is 2.66. The van der Waals surface area contributed by atoms with E-state index in [1.54, 1.807) is 12.1 Å². The van der Waals surface area contributed by atoms with Gasteiger partial charge in [0.1, 0.15) is 5.75 Å². The summed E-state index contributed by atoms with van der Waals surface area (Å²) in [5, 5.41) is 0. The molecule has 2 rings (SSSR count). The third-order valence-corrected chi connectivity index (χ3v) is 3.66. The Hall–Kier alpha value is -0.940. The molecule has 0 unspecified atom stereocenters. The zero-order valence-electron chi connectivity index (χ0n) is 11.0. The summed E-state index contributed by atoms with van der Waals surface area (Å²) in [5.74, 6) is 0.232. The maximum Gasteiger partial charge on any atom is 0.573 e. The minimum atomic E-state index is -4.65. The van der Waals surface area contributed by atoms with Gasteiger partial charge in [0, 0.05) is 6.04 Å². The van der Waals surface area contributed by atoms with Crippen LogP contribution in [0.3, 0.4) is 0 Å². The summed E-state index contributed by atoms with van der Waals surface area (Å²) in [6.07, 6.45) is 1.18. The molecule has 6 heteroatoms. The summed E-state index contributed by atoms with van der Waals surface area (Å²) in [4.78, 5) is 0. The molecule has 1 aliphatic carbocycles. The van der Waals surface area contributed by atoms with Gasteiger partial charge >= 0.3 is 6.36 Å². The monoisotopic (exact) mass is 309 g/mol. The highest BCUT2D eigenvalue weighted by Crippen LogP contribution is 2.33. The first kappa shape index (κ1) is 17.1. The van der Waals surface area contributed by atoms with Crippen LogP contribution in [0.4, 0.5) is 13.2 Å². The predicted octanol–water partition coefficient (Wildman–Crippen LogP) is 4.59. The van der Waals surface area contributed by atoms with Gasteiger partial charge in [-0.1, -0.05) is 31.4 Å². The SMILES string of the molecule is Cl.N[C@@H](c1ccc(OC(F)(F)F)cc1)C1CCCCC1.